The summed E-state index contributed by atoms with van der Waals surface area (Å²) >= 11 is 9.39. The molecule has 1 N–H and O–H groups in total. The highest BCUT2D eigenvalue weighted by Crippen LogP contribution is 2.29. The molecule has 0 saturated heterocycles. The normalized spacial score (nSPS) is 12.9. The van der Waals surface area contributed by atoms with E-state index in [-0.39, 0.29) is 22.9 Å². The first-order chi connectivity index (χ1) is 9.95. The highest BCUT2D eigenvalue weighted by atomic mass is 79.9. The summed E-state index contributed by atoms with van der Waals surface area (Å²) < 4.78 is 17.0. The second-order valence-corrected chi connectivity index (χ2v) is 6.44. The maximum Gasteiger partial charge on any atom is 0.145 e. The smallest absolute Gasteiger partial charge is 0.145 e. The quantitative estimate of drug-likeness (QED) is 0.834. The van der Waals surface area contributed by atoms with Crippen LogP contribution in [0.3, 0.4) is 0 Å². The van der Waals surface area contributed by atoms with E-state index in [0.29, 0.717) is 12.0 Å². The molecule has 1 atom stereocenters. The molecule has 0 aliphatic rings. The standard InChI is InChI=1S/C15H18BrClFN3/c1-9(2)21-15(11(16)8-20-21)13(19-3)7-10-5-4-6-12(17)14(10)18/h4-6,8-9,13,19H,7H2,1-3H3. The highest BCUT2D eigenvalue weighted by Gasteiger charge is 2.22. The van der Waals surface area contributed by atoms with Gasteiger partial charge in [0, 0.05) is 6.04 Å². The number of hydrogen-bond donors (Lipinski definition) is 1. The molecular formula is C15H18BrClFN3. The van der Waals surface area contributed by atoms with Crippen molar-refractivity contribution in [1.82, 2.24) is 15.1 Å². The molecule has 0 aliphatic heterocycles. The summed E-state index contributed by atoms with van der Waals surface area (Å²) in [5, 5.41) is 7.76. The van der Waals surface area contributed by atoms with E-state index in [1.165, 1.54) is 0 Å². The molecule has 0 saturated carbocycles. The largest absolute Gasteiger partial charge is 0.311 e. The highest BCUT2D eigenvalue weighted by molar-refractivity contribution is 9.10. The lowest BCUT2D eigenvalue weighted by Gasteiger charge is -2.21. The average molecular weight is 375 g/mol. The van der Waals surface area contributed by atoms with Crippen molar-refractivity contribution in [2.45, 2.75) is 32.4 Å². The van der Waals surface area contributed by atoms with Crippen LogP contribution in [0.4, 0.5) is 4.39 Å². The van der Waals surface area contributed by atoms with E-state index in [4.69, 9.17) is 11.6 Å². The number of nitrogens with one attached hydrogen (secondary N) is 1. The predicted molar refractivity (Wildman–Crippen MR) is 87.2 cm³/mol. The van der Waals surface area contributed by atoms with Gasteiger partial charge in [-0.3, -0.25) is 4.68 Å². The lowest BCUT2D eigenvalue weighted by molar-refractivity contribution is 0.454. The SMILES string of the molecule is CNC(Cc1cccc(Cl)c1F)c1c(Br)cnn1C(C)C. The Morgan fingerprint density at radius 2 is 2.14 bits per heavy atom. The van der Waals surface area contributed by atoms with E-state index in [1.807, 2.05) is 11.7 Å². The van der Waals surface area contributed by atoms with Gasteiger partial charge < -0.3 is 5.32 Å². The molecule has 0 radical (unpaired) electrons. The summed E-state index contributed by atoms with van der Waals surface area (Å²) in [4.78, 5) is 0. The van der Waals surface area contributed by atoms with E-state index in [1.54, 1.807) is 24.4 Å². The zero-order valence-corrected chi connectivity index (χ0v) is 14.5. The molecule has 1 unspecified atom stereocenters. The number of benzene rings is 1. The van der Waals surface area contributed by atoms with E-state index >= 15 is 0 Å². The van der Waals surface area contributed by atoms with Gasteiger partial charge >= 0.3 is 0 Å². The first-order valence-corrected chi connectivity index (χ1v) is 7.95. The monoisotopic (exact) mass is 373 g/mol. The van der Waals surface area contributed by atoms with E-state index in [9.17, 15) is 4.39 Å². The Morgan fingerprint density at radius 3 is 2.76 bits per heavy atom. The molecule has 1 heterocycles. The molecule has 0 aliphatic carbocycles. The molecule has 21 heavy (non-hydrogen) atoms. The zero-order valence-electron chi connectivity index (χ0n) is 12.2. The van der Waals surface area contributed by atoms with Gasteiger partial charge in [-0.25, -0.2) is 4.39 Å². The summed E-state index contributed by atoms with van der Waals surface area (Å²) in [6, 6.07) is 5.25. The third-order valence-corrected chi connectivity index (χ3v) is 4.31. The zero-order chi connectivity index (χ0) is 15.6. The fraction of sp³-hybridized carbons (Fsp3) is 0.400. The minimum atomic E-state index is -0.355. The maximum atomic E-state index is 14.1. The summed E-state index contributed by atoms with van der Waals surface area (Å²) in [7, 11) is 1.86. The van der Waals surface area contributed by atoms with Gasteiger partial charge in [0.05, 0.1) is 27.4 Å². The van der Waals surface area contributed by atoms with Crippen molar-refractivity contribution in [1.29, 1.82) is 0 Å². The van der Waals surface area contributed by atoms with Crippen LogP contribution >= 0.6 is 27.5 Å². The van der Waals surface area contributed by atoms with Crippen LogP contribution in [-0.2, 0) is 6.42 Å². The number of likely N-dealkylation sites (N-methyl/N-ethyl adjacent to an activating group) is 1. The maximum absolute atomic E-state index is 14.1. The molecule has 6 heteroatoms. The Kier molecular flexibility index (Phi) is 5.41. The molecular weight excluding hydrogens is 357 g/mol. The number of halogens is 3. The topological polar surface area (TPSA) is 29.9 Å². The van der Waals surface area contributed by atoms with Gasteiger partial charge in [0.25, 0.3) is 0 Å². The molecule has 114 valence electrons. The number of nitrogens with zero attached hydrogens (tertiary/aromatic N) is 2. The molecule has 2 aromatic rings. The first-order valence-electron chi connectivity index (χ1n) is 6.78. The second-order valence-electron chi connectivity index (χ2n) is 5.17. The molecule has 0 spiro atoms. The summed E-state index contributed by atoms with van der Waals surface area (Å²) in [6.07, 6.45) is 2.27. The third-order valence-electron chi connectivity index (χ3n) is 3.41. The Morgan fingerprint density at radius 1 is 1.43 bits per heavy atom. The molecule has 0 amide bonds. The Bertz CT molecular complexity index is 627. The van der Waals surface area contributed by atoms with Crippen LogP contribution in [0, 0.1) is 5.82 Å². The predicted octanol–water partition coefficient (Wildman–Crippen LogP) is 4.52. The van der Waals surface area contributed by atoms with Gasteiger partial charge in [-0.05, 0) is 54.9 Å². The van der Waals surface area contributed by atoms with Crippen LogP contribution in [0.1, 0.15) is 37.2 Å². The van der Waals surface area contributed by atoms with Crippen LogP contribution in [0.5, 0.6) is 0 Å². The lowest BCUT2D eigenvalue weighted by Crippen LogP contribution is -2.24. The fourth-order valence-corrected chi connectivity index (χ4v) is 3.09. The van der Waals surface area contributed by atoms with Crippen LogP contribution in [-0.4, -0.2) is 16.8 Å². The number of hydrogen-bond acceptors (Lipinski definition) is 2. The van der Waals surface area contributed by atoms with Gasteiger partial charge in [-0.15, -0.1) is 0 Å². The van der Waals surface area contributed by atoms with E-state index < -0.39 is 0 Å². The van der Waals surface area contributed by atoms with Gasteiger partial charge in [0.1, 0.15) is 5.82 Å². The average Bonchev–Trinajstić information content (AvgIpc) is 2.82. The van der Waals surface area contributed by atoms with Crippen molar-refractivity contribution in [3.05, 3.63) is 51.0 Å². The number of aromatic nitrogens is 2. The second kappa shape index (κ2) is 6.90. The van der Waals surface area contributed by atoms with Crippen molar-refractivity contribution in [3.63, 3.8) is 0 Å². The van der Waals surface area contributed by atoms with Crippen molar-refractivity contribution >= 4 is 27.5 Å². The molecule has 1 aromatic carbocycles. The van der Waals surface area contributed by atoms with Gasteiger partial charge in [-0.1, -0.05) is 23.7 Å². The summed E-state index contributed by atoms with van der Waals surface area (Å²) in [6.45, 7) is 4.13. The lowest BCUT2D eigenvalue weighted by atomic mass is 10.0. The van der Waals surface area contributed by atoms with Crippen LogP contribution < -0.4 is 5.32 Å². The minimum Gasteiger partial charge on any atom is -0.311 e. The third kappa shape index (κ3) is 3.47. The number of rotatable bonds is 5. The first kappa shape index (κ1) is 16.5. The summed E-state index contributed by atoms with van der Waals surface area (Å²) in [5.41, 5.74) is 1.59. The Balaban J connectivity index is 2.37. The molecule has 0 fully saturated rings. The van der Waals surface area contributed by atoms with E-state index in [2.05, 4.69) is 40.2 Å². The van der Waals surface area contributed by atoms with Crippen LogP contribution in [0.15, 0.2) is 28.9 Å². The Hall–Kier alpha value is -0.910. The van der Waals surface area contributed by atoms with Gasteiger partial charge in [-0.2, -0.15) is 5.10 Å². The van der Waals surface area contributed by atoms with Crippen molar-refractivity contribution < 1.29 is 4.39 Å². The fourth-order valence-electron chi connectivity index (χ4n) is 2.35. The van der Waals surface area contributed by atoms with Crippen LogP contribution in [0.2, 0.25) is 5.02 Å². The summed E-state index contributed by atoms with van der Waals surface area (Å²) in [5.74, 6) is -0.355. The molecule has 1 aromatic heterocycles. The van der Waals surface area contributed by atoms with Gasteiger partial charge in [0.15, 0.2) is 0 Å². The molecule has 2 rings (SSSR count). The van der Waals surface area contributed by atoms with Crippen molar-refractivity contribution in [2.24, 2.45) is 0 Å². The van der Waals surface area contributed by atoms with Crippen LogP contribution in [0.25, 0.3) is 0 Å². The minimum absolute atomic E-state index is 0.0581. The van der Waals surface area contributed by atoms with Crippen molar-refractivity contribution in [3.8, 4) is 0 Å². The molecule has 3 nitrogen and oxygen atoms in total. The van der Waals surface area contributed by atoms with Crippen molar-refractivity contribution in [2.75, 3.05) is 7.05 Å². The van der Waals surface area contributed by atoms with Gasteiger partial charge in [0.2, 0.25) is 0 Å². The Labute approximate surface area is 137 Å². The molecule has 0 bridgehead atoms. The van der Waals surface area contributed by atoms with E-state index in [0.717, 1.165) is 10.2 Å².